The fraction of sp³-hybridized carbons (Fsp3) is 0.786. The molecule has 0 N–H and O–H groups in total. The molecule has 0 spiro atoms. The number of allylic oxidation sites excluding steroid dienone is 5. The number of morpholine rings is 1. The molecule has 0 aromatic carbocycles. The summed E-state index contributed by atoms with van der Waals surface area (Å²) in [5, 5.41) is 0. The normalized spacial score (nSPS) is 24.9. The van der Waals surface area contributed by atoms with E-state index in [1.165, 1.54) is 16.7 Å². The number of ether oxygens (including phenoxy) is 2. The van der Waals surface area contributed by atoms with E-state index in [0.717, 1.165) is 71.5 Å². The highest BCUT2D eigenvalue weighted by atomic mass is 31.2. The number of rotatable bonds is 14. The number of likely N-dealkylation sites (N-methyl/N-ethyl adjacent to an activating group) is 1. The molecule has 2 fully saturated rings. The Morgan fingerprint density at radius 2 is 1.62 bits per heavy atom. The summed E-state index contributed by atoms with van der Waals surface area (Å²) in [7, 11) is 5.28. The first-order valence-corrected chi connectivity index (χ1v) is 15.9. The summed E-state index contributed by atoms with van der Waals surface area (Å²) in [5.41, 5.74) is 4.34. The largest absolute Gasteiger partial charge is 0.379 e. The van der Waals surface area contributed by atoms with Gasteiger partial charge in [0.1, 0.15) is 14.2 Å². The average Bonchev–Trinajstić information content (AvgIpc) is 2.82. The van der Waals surface area contributed by atoms with Crippen molar-refractivity contribution in [2.24, 2.45) is 0 Å². The van der Waals surface area contributed by atoms with Gasteiger partial charge in [0, 0.05) is 51.8 Å². The van der Waals surface area contributed by atoms with Crippen LogP contribution in [0.4, 0.5) is 0 Å². The lowest BCUT2D eigenvalue weighted by atomic mass is 9.98. The Kier molecular flexibility index (Phi) is 14.4. The lowest BCUT2D eigenvalue weighted by Gasteiger charge is -2.41. The molecule has 0 radical (unpaired) electrons. The average molecular weight is 537 g/mol. The first-order chi connectivity index (χ1) is 17.5. The van der Waals surface area contributed by atoms with Crippen LogP contribution >= 0.6 is 7.44 Å². The molecule has 0 aromatic rings. The van der Waals surface area contributed by atoms with Gasteiger partial charge in [0.25, 0.3) is 0 Å². The van der Waals surface area contributed by atoms with Gasteiger partial charge in [-0.05, 0) is 74.5 Å². The Hall–Kier alpha value is -0.725. The van der Waals surface area contributed by atoms with Gasteiger partial charge in [0.05, 0.1) is 12.7 Å². The third kappa shape index (κ3) is 11.9. The molecule has 2 saturated heterocycles. The summed E-state index contributed by atoms with van der Waals surface area (Å²) < 4.78 is 30.0. The van der Waals surface area contributed by atoms with E-state index in [-0.39, 0.29) is 18.5 Å². The van der Waals surface area contributed by atoms with Crippen LogP contribution < -0.4 is 0 Å². The minimum atomic E-state index is -2.74. The second-order valence-electron chi connectivity index (χ2n) is 11.5. The van der Waals surface area contributed by atoms with Gasteiger partial charge in [0.15, 0.2) is 0 Å². The molecule has 3 unspecified atom stereocenters. The maximum absolute atomic E-state index is 13.9. The molecule has 7 nitrogen and oxygen atoms in total. The molecule has 0 aromatic heterocycles. The van der Waals surface area contributed by atoms with Crippen LogP contribution in [0.1, 0.15) is 53.4 Å². The van der Waals surface area contributed by atoms with Gasteiger partial charge in [-0.15, -0.1) is 0 Å². The first kappa shape index (κ1) is 32.5. The monoisotopic (exact) mass is 536 g/mol. The highest BCUT2D eigenvalue weighted by Gasteiger charge is 2.36. The molecule has 2 heterocycles. The van der Waals surface area contributed by atoms with E-state index < -0.39 is 7.44 Å². The fourth-order valence-electron chi connectivity index (χ4n) is 4.98. The lowest BCUT2D eigenvalue weighted by molar-refractivity contribution is -0.0748. The van der Waals surface area contributed by atoms with E-state index in [0.29, 0.717) is 6.61 Å². The van der Waals surface area contributed by atoms with Crippen molar-refractivity contribution < 1.29 is 14.0 Å². The number of piperazine rings is 1. The van der Waals surface area contributed by atoms with Crippen molar-refractivity contribution in [3.63, 3.8) is 0 Å². The van der Waals surface area contributed by atoms with Gasteiger partial charge in [-0.3, -0.25) is 9.46 Å². The Morgan fingerprint density at radius 3 is 2.22 bits per heavy atom. The van der Waals surface area contributed by atoms with Crippen LogP contribution in [-0.4, -0.2) is 119 Å². The Morgan fingerprint density at radius 1 is 1.00 bits per heavy atom. The smallest absolute Gasteiger partial charge is 0.241 e. The quantitative estimate of drug-likeness (QED) is 0.189. The maximum Gasteiger partial charge on any atom is 0.241 e. The fourth-order valence-corrected chi connectivity index (χ4v) is 7.02. The van der Waals surface area contributed by atoms with Crippen LogP contribution in [0.25, 0.3) is 0 Å². The van der Waals surface area contributed by atoms with Crippen molar-refractivity contribution in [3.05, 3.63) is 34.9 Å². The van der Waals surface area contributed by atoms with Gasteiger partial charge >= 0.3 is 0 Å². The van der Waals surface area contributed by atoms with E-state index in [4.69, 9.17) is 9.47 Å². The highest BCUT2D eigenvalue weighted by Crippen LogP contribution is 2.51. The van der Waals surface area contributed by atoms with Crippen molar-refractivity contribution in [2.75, 3.05) is 79.9 Å². The van der Waals surface area contributed by atoms with Crippen LogP contribution in [0.3, 0.4) is 0 Å². The molecule has 0 saturated carbocycles. The zero-order chi connectivity index (χ0) is 27.4. The van der Waals surface area contributed by atoms with Crippen LogP contribution in [-0.2, 0) is 14.0 Å². The zero-order valence-corrected chi connectivity index (χ0v) is 25.9. The SMILES string of the molecule is BC1CN(C)CC(COCP(=O)(N(C)C)N2CCN(C/C=C(\C)CC/C=C(\C)CCC=C(C)C)CC2)O1. The minimum absolute atomic E-state index is 0.0399. The van der Waals surface area contributed by atoms with E-state index in [1.54, 1.807) is 0 Å². The van der Waals surface area contributed by atoms with Gasteiger partial charge in [-0.25, -0.2) is 9.34 Å². The van der Waals surface area contributed by atoms with Gasteiger partial charge in [-0.2, -0.15) is 0 Å². The zero-order valence-electron chi connectivity index (χ0n) is 25.0. The molecule has 0 amide bonds. The summed E-state index contributed by atoms with van der Waals surface area (Å²) in [6, 6.07) is 0.206. The van der Waals surface area contributed by atoms with Gasteiger partial charge in [0.2, 0.25) is 7.44 Å². The number of nitrogens with zero attached hydrogens (tertiary/aromatic N) is 4. The van der Waals surface area contributed by atoms with Crippen LogP contribution in [0.5, 0.6) is 0 Å². The van der Waals surface area contributed by atoms with Crippen molar-refractivity contribution >= 4 is 15.3 Å². The first-order valence-electron chi connectivity index (χ1n) is 14.1. The van der Waals surface area contributed by atoms with Crippen molar-refractivity contribution in [3.8, 4) is 0 Å². The molecule has 2 aliphatic heterocycles. The molecular formula is C28H54BN4O3P. The second-order valence-corrected chi connectivity index (χ2v) is 14.5. The van der Waals surface area contributed by atoms with E-state index >= 15 is 0 Å². The second kappa shape index (κ2) is 16.4. The molecule has 2 aliphatic rings. The van der Waals surface area contributed by atoms with E-state index in [1.807, 2.05) is 18.8 Å². The summed E-state index contributed by atoms with van der Waals surface area (Å²) in [6.45, 7) is 15.5. The molecule has 0 aliphatic carbocycles. The molecular weight excluding hydrogens is 482 g/mol. The molecule has 3 atom stereocenters. The predicted molar refractivity (Wildman–Crippen MR) is 160 cm³/mol. The van der Waals surface area contributed by atoms with Crippen LogP contribution in [0.15, 0.2) is 34.9 Å². The van der Waals surface area contributed by atoms with Gasteiger partial charge in [-0.1, -0.05) is 34.9 Å². The van der Waals surface area contributed by atoms with Crippen molar-refractivity contribution in [1.82, 2.24) is 19.1 Å². The molecule has 37 heavy (non-hydrogen) atoms. The summed E-state index contributed by atoms with van der Waals surface area (Å²) in [4.78, 5) is 4.74. The van der Waals surface area contributed by atoms with Gasteiger partial charge < -0.3 is 14.4 Å². The number of hydrogen-bond acceptors (Lipinski definition) is 5. The third-order valence-corrected chi connectivity index (χ3v) is 10.4. The molecule has 2 rings (SSSR count). The number of hydrogen-bond donors (Lipinski definition) is 0. The molecule has 9 heteroatoms. The Labute approximate surface area is 228 Å². The van der Waals surface area contributed by atoms with E-state index in [9.17, 15) is 4.57 Å². The molecule has 0 bridgehead atoms. The Bertz CT molecular complexity index is 810. The van der Waals surface area contributed by atoms with Crippen LogP contribution in [0, 0.1) is 0 Å². The summed E-state index contributed by atoms with van der Waals surface area (Å²) >= 11 is 0. The maximum atomic E-state index is 13.9. The standard InChI is InChI=1S/C28H54BN4O3P/c1-24(2)10-8-11-25(3)12-9-13-26(4)14-15-32-16-18-33(19-17-32)37(34,30(5)6)23-35-22-27-20-31(7)21-28(29)36-27/h10,12,14,27-28H,8-9,11,13,15-23,29H2,1-7H3/b25-12+,26-14+. The highest BCUT2D eigenvalue weighted by molar-refractivity contribution is 7.58. The Balaban J connectivity index is 1.74. The lowest BCUT2D eigenvalue weighted by Crippen LogP contribution is -2.48. The third-order valence-electron chi connectivity index (χ3n) is 7.31. The predicted octanol–water partition coefficient (Wildman–Crippen LogP) is 4.04. The van der Waals surface area contributed by atoms with Crippen molar-refractivity contribution in [2.45, 2.75) is 65.5 Å². The van der Waals surface area contributed by atoms with Crippen LogP contribution in [0.2, 0.25) is 0 Å². The summed E-state index contributed by atoms with van der Waals surface area (Å²) in [6.07, 6.45) is 11.9. The van der Waals surface area contributed by atoms with E-state index in [2.05, 4.69) is 75.3 Å². The van der Waals surface area contributed by atoms with Crippen molar-refractivity contribution in [1.29, 1.82) is 0 Å². The summed E-state index contributed by atoms with van der Waals surface area (Å²) in [5.74, 6) is 0. The molecule has 212 valence electrons. The minimum Gasteiger partial charge on any atom is -0.379 e. The topological polar surface area (TPSA) is 48.5 Å².